The first kappa shape index (κ1) is 18.0. The predicted octanol–water partition coefficient (Wildman–Crippen LogP) is 3.08. The number of hydrogen-bond acceptors (Lipinski definition) is 4. The van der Waals surface area contributed by atoms with Crippen molar-refractivity contribution < 1.29 is 13.2 Å². The van der Waals surface area contributed by atoms with Gasteiger partial charge in [-0.15, -0.1) is 0 Å². The maximum Gasteiger partial charge on any atom is 0.159 e. The minimum absolute atomic E-state index is 0.00758. The number of rotatable bonds is 6. The van der Waals surface area contributed by atoms with E-state index in [0.29, 0.717) is 5.75 Å². The summed E-state index contributed by atoms with van der Waals surface area (Å²) in [7, 11) is -1.67. The summed E-state index contributed by atoms with van der Waals surface area (Å²) < 4.78 is 29.4. The van der Waals surface area contributed by atoms with E-state index in [2.05, 4.69) is 12.2 Å². The summed E-state index contributed by atoms with van der Waals surface area (Å²) in [5.41, 5.74) is 1.78. The first-order valence-corrected chi connectivity index (χ1v) is 8.90. The van der Waals surface area contributed by atoms with Crippen LogP contribution in [0.4, 0.5) is 0 Å². The van der Waals surface area contributed by atoms with Crippen molar-refractivity contribution in [2.45, 2.75) is 51.2 Å². The molecule has 0 aliphatic rings. The molecule has 1 rings (SSSR count). The number of methoxy groups -OCH3 is 1. The van der Waals surface area contributed by atoms with Crippen LogP contribution in [0.5, 0.6) is 5.75 Å². The molecule has 0 heterocycles. The van der Waals surface area contributed by atoms with E-state index in [4.69, 9.17) is 4.74 Å². The molecule has 0 saturated carbocycles. The lowest BCUT2D eigenvalue weighted by Gasteiger charge is -2.21. The van der Waals surface area contributed by atoms with Crippen molar-refractivity contribution in [2.24, 2.45) is 0 Å². The number of benzene rings is 1. The van der Waals surface area contributed by atoms with Crippen LogP contribution in [0.1, 0.15) is 51.8 Å². The molecule has 1 atom stereocenters. The first-order chi connectivity index (χ1) is 9.62. The first-order valence-electron chi connectivity index (χ1n) is 7.25. The van der Waals surface area contributed by atoms with Gasteiger partial charge >= 0.3 is 0 Å². The van der Waals surface area contributed by atoms with E-state index in [1.54, 1.807) is 27.9 Å². The Bertz CT molecular complexity index is 574. The lowest BCUT2D eigenvalue weighted by Crippen LogP contribution is -2.29. The molecule has 0 spiro atoms. The van der Waals surface area contributed by atoms with Crippen molar-refractivity contribution >= 4 is 9.84 Å². The van der Waals surface area contributed by atoms with Crippen LogP contribution in [0, 0.1) is 0 Å². The Labute approximate surface area is 128 Å². The number of sulfone groups is 1. The molecule has 1 aromatic carbocycles. The third kappa shape index (κ3) is 4.45. The summed E-state index contributed by atoms with van der Waals surface area (Å²) in [6.45, 7) is 10.1. The molecule has 4 nitrogen and oxygen atoms in total. The van der Waals surface area contributed by atoms with Crippen molar-refractivity contribution in [2.75, 3.05) is 13.7 Å². The van der Waals surface area contributed by atoms with Gasteiger partial charge in [0.1, 0.15) is 5.75 Å². The number of nitrogens with one attached hydrogen (secondary N) is 1. The number of hydrogen-bond donors (Lipinski definition) is 1. The standard InChI is InChI=1S/C16H27NO3S/c1-7-17-12(2)13-8-9-15(20-6)14(10-13)11-21(18,19)16(3,4)5/h8-10,12,17H,7,11H2,1-6H3. The zero-order valence-corrected chi connectivity index (χ0v) is 14.7. The summed E-state index contributed by atoms with van der Waals surface area (Å²) in [5, 5.41) is 3.33. The molecule has 0 bridgehead atoms. The molecule has 21 heavy (non-hydrogen) atoms. The Morgan fingerprint density at radius 3 is 2.38 bits per heavy atom. The largest absolute Gasteiger partial charge is 0.496 e. The van der Waals surface area contributed by atoms with Crippen molar-refractivity contribution in [1.82, 2.24) is 5.32 Å². The van der Waals surface area contributed by atoms with Crippen LogP contribution in [0.25, 0.3) is 0 Å². The molecule has 1 unspecified atom stereocenters. The van der Waals surface area contributed by atoms with Gasteiger partial charge in [-0.2, -0.15) is 0 Å². The second kappa shape index (κ2) is 6.79. The molecular formula is C16H27NO3S. The molecular weight excluding hydrogens is 286 g/mol. The third-order valence-corrected chi connectivity index (χ3v) is 6.15. The summed E-state index contributed by atoms with van der Waals surface area (Å²) in [6, 6.07) is 5.92. The summed E-state index contributed by atoms with van der Waals surface area (Å²) in [4.78, 5) is 0. The molecule has 0 fully saturated rings. The second-order valence-electron chi connectivity index (χ2n) is 6.22. The van der Waals surface area contributed by atoms with Crippen LogP contribution >= 0.6 is 0 Å². The van der Waals surface area contributed by atoms with Gasteiger partial charge in [-0.3, -0.25) is 0 Å². The van der Waals surface area contributed by atoms with Crippen LogP contribution in [0.3, 0.4) is 0 Å². The molecule has 1 N–H and O–H groups in total. The molecule has 0 radical (unpaired) electrons. The zero-order valence-electron chi connectivity index (χ0n) is 13.9. The van der Waals surface area contributed by atoms with E-state index in [9.17, 15) is 8.42 Å². The third-order valence-electron chi connectivity index (χ3n) is 3.59. The maximum atomic E-state index is 12.4. The molecule has 0 saturated heterocycles. The van der Waals surface area contributed by atoms with Gasteiger partial charge in [0.15, 0.2) is 9.84 Å². The second-order valence-corrected chi connectivity index (χ2v) is 8.97. The van der Waals surface area contributed by atoms with Gasteiger partial charge in [0.25, 0.3) is 0 Å². The van der Waals surface area contributed by atoms with E-state index < -0.39 is 14.6 Å². The Morgan fingerprint density at radius 1 is 1.29 bits per heavy atom. The Hall–Kier alpha value is -1.07. The fraction of sp³-hybridized carbons (Fsp3) is 0.625. The quantitative estimate of drug-likeness (QED) is 0.877. The Balaban J connectivity index is 3.18. The highest BCUT2D eigenvalue weighted by Crippen LogP contribution is 2.28. The van der Waals surface area contributed by atoms with Crippen LogP contribution in [-0.2, 0) is 15.6 Å². The molecule has 0 aliphatic carbocycles. The van der Waals surface area contributed by atoms with E-state index in [0.717, 1.165) is 17.7 Å². The minimum Gasteiger partial charge on any atom is -0.496 e. The smallest absolute Gasteiger partial charge is 0.159 e. The fourth-order valence-corrected chi connectivity index (χ4v) is 3.09. The molecule has 0 amide bonds. The highest BCUT2D eigenvalue weighted by molar-refractivity contribution is 7.91. The lowest BCUT2D eigenvalue weighted by atomic mass is 10.0. The van der Waals surface area contributed by atoms with Crippen LogP contribution in [0.15, 0.2) is 18.2 Å². The van der Waals surface area contributed by atoms with Crippen LogP contribution < -0.4 is 10.1 Å². The van der Waals surface area contributed by atoms with Crippen molar-refractivity contribution in [1.29, 1.82) is 0 Å². The topological polar surface area (TPSA) is 55.4 Å². The van der Waals surface area contributed by atoms with Gasteiger partial charge in [-0.05, 0) is 51.9 Å². The van der Waals surface area contributed by atoms with Gasteiger partial charge in [0.2, 0.25) is 0 Å². The predicted molar refractivity (Wildman–Crippen MR) is 87.5 cm³/mol. The summed E-state index contributed by atoms with van der Waals surface area (Å²) in [6.07, 6.45) is 0. The van der Waals surface area contributed by atoms with Crippen molar-refractivity contribution in [3.63, 3.8) is 0 Å². The van der Waals surface area contributed by atoms with Gasteiger partial charge in [-0.25, -0.2) is 8.42 Å². The molecule has 1 aromatic rings. The summed E-state index contributed by atoms with van der Waals surface area (Å²) in [5.74, 6) is 0.613. The molecule has 5 heteroatoms. The molecule has 120 valence electrons. The molecule has 0 aromatic heterocycles. The Kier molecular flexibility index (Phi) is 5.82. The normalized spacial score (nSPS) is 14.0. The van der Waals surface area contributed by atoms with E-state index >= 15 is 0 Å². The maximum absolute atomic E-state index is 12.4. The van der Waals surface area contributed by atoms with Gasteiger partial charge < -0.3 is 10.1 Å². The average molecular weight is 313 g/mol. The van der Waals surface area contributed by atoms with Crippen LogP contribution in [0.2, 0.25) is 0 Å². The average Bonchev–Trinajstić information content (AvgIpc) is 2.37. The lowest BCUT2D eigenvalue weighted by molar-refractivity contribution is 0.410. The monoisotopic (exact) mass is 313 g/mol. The van der Waals surface area contributed by atoms with E-state index in [1.165, 1.54) is 0 Å². The highest BCUT2D eigenvalue weighted by atomic mass is 32.2. The Morgan fingerprint density at radius 2 is 1.90 bits per heavy atom. The van der Waals surface area contributed by atoms with Gasteiger partial charge in [0.05, 0.1) is 17.6 Å². The van der Waals surface area contributed by atoms with Gasteiger partial charge in [-0.1, -0.05) is 13.0 Å². The highest BCUT2D eigenvalue weighted by Gasteiger charge is 2.30. The minimum atomic E-state index is -3.24. The summed E-state index contributed by atoms with van der Waals surface area (Å²) >= 11 is 0. The van der Waals surface area contributed by atoms with Gasteiger partial charge in [0, 0.05) is 11.6 Å². The van der Waals surface area contributed by atoms with E-state index in [-0.39, 0.29) is 11.8 Å². The van der Waals surface area contributed by atoms with E-state index in [1.807, 2.05) is 25.1 Å². The van der Waals surface area contributed by atoms with Crippen LogP contribution in [-0.4, -0.2) is 26.8 Å². The SMILES string of the molecule is CCNC(C)c1ccc(OC)c(CS(=O)(=O)C(C)(C)C)c1. The molecule has 0 aliphatic heterocycles. The fourth-order valence-electron chi connectivity index (χ4n) is 2.03. The number of ether oxygens (including phenoxy) is 1. The van der Waals surface area contributed by atoms with Crippen molar-refractivity contribution in [3.8, 4) is 5.75 Å². The van der Waals surface area contributed by atoms with Crippen molar-refractivity contribution in [3.05, 3.63) is 29.3 Å². The zero-order chi connectivity index (χ0) is 16.3.